The predicted octanol–water partition coefficient (Wildman–Crippen LogP) is 1.99. The molecule has 0 rings (SSSR count). The van der Waals surface area contributed by atoms with Gasteiger partial charge in [-0.1, -0.05) is 19.8 Å². The third-order valence-electron chi connectivity index (χ3n) is 2.01. The number of rotatable bonds is 7. The van der Waals surface area contributed by atoms with Gasteiger partial charge in [0, 0.05) is 19.8 Å². The highest BCUT2D eigenvalue weighted by Crippen LogP contribution is 2.20. The lowest BCUT2D eigenvalue weighted by Crippen LogP contribution is -2.27. The van der Waals surface area contributed by atoms with Crippen LogP contribution in [0.3, 0.4) is 0 Å². The van der Waals surface area contributed by atoms with Gasteiger partial charge in [0.25, 0.3) is 0 Å². The fourth-order valence-electron chi connectivity index (χ4n) is 1.26. The molecule has 0 aliphatic heterocycles. The van der Waals surface area contributed by atoms with Gasteiger partial charge in [0.2, 0.25) is 0 Å². The molecule has 12 heavy (non-hydrogen) atoms. The molecular weight excluding hydrogens is 188 g/mol. The van der Waals surface area contributed by atoms with E-state index in [1.54, 1.807) is 14.2 Å². The van der Waals surface area contributed by atoms with Crippen LogP contribution in [0.5, 0.6) is 0 Å². The van der Waals surface area contributed by atoms with Crippen LogP contribution < -0.4 is 0 Å². The van der Waals surface area contributed by atoms with Gasteiger partial charge in [-0.05, 0) is 12.2 Å². The van der Waals surface area contributed by atoms with Crippen molar-refractivity contribution in [2.24, 2.45) is 0 Å². The van der Waals surface area contributed by atoms with Gasteiger partial charge >= 0.3 is 9.28 Å². The van der Waals surface area contributed by atoms with Crippen molar-refractivity contribution in [1.82, 2.24) is 0 Å². The summed E-state index contributed by atoms with van der Waals surface area (Å²) in [4.78, 5) is 0. The van der Waals surface area contributed by atoms with Gasteiger partial charge in [0.1, 0.15) is 0 Å². The van der Waals surface area contributed by atoms with Gasteiger partial charge in [-0.25, -0.2) is 0 Å². The first kappa shape index (κ1) is 12.5. The molecule has 0 heterocycles. The Bertz CT molecular complexity index is 99.1. The summed E-state index contributed by atoms with van der Waals surface area (Å²) in [6.07, 6.45) is 3.68. The maximum absolute atomic E-state index is 5.32. The Morgan fingerprint density at radius 2 is 1.92 bits per heavy atom. The van der Waals surface area contributed by atoms with Crippen LogP contribution in [0.4, 0.5) is 0 Å². The minimum absolute atomic E-state index is 0.559. The molecule has 0 N–H and O–H groups in total. The minimum Gasteiger partial charge on any atom is -0.400 e. The van der Waals surface area contributed by atoms with Crippen LogP contribution in [-0.2, 0) is 8.85 Å². The second kappa shape index (κ2) is 8.10. The smallest absolute Gasteiger partial charge is 0.324 e. The molecule has 2 nitrogen and oxygen atoms in total. The lowest BCUT2D eigenvalue weighted by molar-refractivity contribution is 0.265. The van der Waals surface area contributed by atoms with E-state index in [-0.39, 0.29) is 0 Å². The summed E-state index contributed by atoms with van der Waals surface area (Å²) in [5.74, 6) is 0.887. The first-order valence-electron chi connectivity index (χ1n) is 4.46. The highest BCUT2D eigenvalue weighted by Gasteiger charge is 2.21. The first-order chi connectivity index (χ1) is 5.79. The van der Waals surface area contributed by atoms with Crippen molar-refractivity contribution in [2.75, 3.05) is 20.0 Å². The minimum atomic E-state index is -1.42. The van der Waals surface area contributed by atoms with E-state index >= 15 is 0 Å². The molecule has 0 aromatic carbocycles. The molecule has 0 aliphatic carbocycles. The van der Waals surface area contributed by atoms with Crippen LogP contribution in [0, 0.1) is 0 Å². The third kappa shape index (κ3) is 4.50. The zero-order chi connectivity index (χ0) is 9.40. The number of hydrogen-bond acceptors (Lipinski definition) is 3. The standard InChI is InChI=1S/C8H20O2SSi/c1-4-5-6-8(7-11)12(9-2)10-3/h8,11-12H,4-7H2,1-3H3. The van der Waals surface area contributed by atoms with E-state index in [0.29, 0.717) is 5.54 Å². The monoisotopic (exact) mass is 208 g/mol. The average Bonchev–Trinajstić information content (AvgIpc) is 2.12. The van der Waals surface area contributed by atoms with E-state index in [1.165, 1.54) is 19.3 Å². The zero-order valence-corrected chi connectivity index (χ0v) is 10.3. The maximum Gasteiger partial charge on any atom is 0.324 e. The molecular formula is C8H20O2SSi. The van der Waals surface area contributed by atoms with Gasteiger partial charge in [-0.2, -0.15) is 12.6 Å². The molecule has 1 unspecified atom stereocenters. The zero-order valence-electron chi connectivity index (χ0n) is 8.25. The summed E-state index contributed by atoms with van der Waals surface area (Å²) in [6, 6.07) is 0. The van der Waals surface area contributed by atoms with Gasteiger partial charge in [-0.3, -0.25) is 0 Å². The Hall–Kier alpha value is 0.487. The van der Waals surface area contributed by atoms with E-state index < -0.39 is 9.28 Å². The van der Waals surface area contributed by atoms with Gasteiger partial charge in [0.05, 0.1) is 0 Å². The van der Waals surface area contributed by atoms with Crippen LogP contribution in [0.1, 0.15) is 26.2 Å². The Kier molecular flexibility index (Phi) is 8.43. The summed E-state index contributed by atoms with van der Waals surface area (Å²) in [5, 5.41) is 0. The van der Waals surface area contributed by atoms with E-state index in [1.807, 2.05) is 0 Å². The molecule has 0 amide bonds. The molecule has 0 fully saturated rings. The normalized spacial score (nSPS) is 13.8. The fraction of sp³-hybridized carbons (Fsp3) is 1.00. The highest BCUT2D eigenvalue weighted by molar-refractivity contribution is 7.80. The third-order valence-corrected chi connectivity index (χ3v) is 5.15. The Morgan fingerprint density at radius 3 is 2.25 bits per heavy atom. The van der Waals surface area contributed by atoms with Crippen LogP contribution in [0.2, 0.25) is 5.54 Å². The topological polar surface area (TPSA) is 18.5 Å². The molecule has 0 aromatic heterocycles. The number of thiol groups is 1. The first-order valence-corrected chi connectivity index (χ1v) is 6.70. The van der Waals surface area contributed by atoms with E-state index in [2.05, 4.69) is 19.6 Å². The van der Waals surface area contributed by atoms with Crippen LogP contribution in [0.15, 0.2) is 0 Å². The van der Waals surface area contributed by atoms with Crippen molar-refractivity contribution >= 4 is 21.9 Å². The predicted molar refractivity (Wildman–Crippen MR) is 58.3 cm³/mol. The molecule has 0 saturated heterocycles. The summed E-state index contributed by atoms with van der Waals surface area (Å²) in [6.45, 7) is 2.20. The summed E-state index contributed by atoms with van der Waals surface area (Å²) < 4.78 is 10.6. The van der Waals surface area contributed by atoms with Crippen LogP contribution >= 0.6 is 12.6 Å². The van der Waals surface area contributed by atoms with Crippen LogP contribution in [-0.4, -0.2) is 29.3 Å². The lowest BCUT2D eigenvalue weighted by atomic mass is 10.2. The Balaban J connectivity index is 3.75. The van der Waals surface area contributed by atoms with Gasteiger partial charge in [-0.15, -0.1) is 0 Å². The van der Waals surface area contributed by atoms with E-state index in [9.17, 15) is 0 Å². The van der Waals surface area contributed by atoms with Gasteiger partial charge < -0.3 is 8.85 Å². The lowest BCUT2D eigenvalue weighted by Gasteiger charge is -2.20. The maximum atomic E-state index is 5.32. The van der Waals surface area contributed by atoms with E-state index in [0.717, 1.165) is 5.75 Å². The van der Waals surface area contributed by atoms with E-state index in [4.69, 9.17) is 8.85 Å². The Morgan fingerprint density at radius 1 is 1.33 bits per heavy atom. The molecule has 74 valence electrons. The van der Waals surface area contributed by atoms with Crippen LogP contribution in [0.25, 0.3) is 0 Å². The molecule has 0 saturated carbocycles. The molecule has 4 heteroatoms. The second-order valence-electron chi connectivity index (χ2n) is 2.92. The molecule has 0 spiro atoms. The fourth-order valence-corrected chi connectivity index (χ4v) is 3.60. The second-order valence-corrected chi connectivity index (χ2v) is 5.91. The molecule has 0 bridgehead atoms. The van der Waals surface area contributed by atoms with Gasteiger partial charge in [0.15, 0.2) is 0 Å². The highest BCUT2D eigenvalue weighted by atomic mass is 32.1. The SMILES string of the molecule is CCCCC(CS)[SiH](OC)OC. The van der Waals surface area contributed by atoms with Crippen molar-refractivity contribution in [2.45, 2.75) is 31.7 Å². The largest absolute Gasteiger partial charge is 0.400 e. The van der Waals surface area contributed by atoms with Crippen molar-refractivity contribution in [3.05, 3.63) is 0 Å². The van der Waals surface area contributed by atoms with Crippen molar-refractivity contribution in [3.8, 4) is 0 Å². The molecule has 1 atom stereocenters. The van der Waals surface area contributed by atoms with Crippen molar-refractivity contribution in [3.63, 3.8) is 0 Å². The summed E-state index contributed by atoms with van der Waals surface area (Å²) in [5.41, 5.74) is 0.559. The summed E-state index contributed by atoms with van der Waals surface area (Å²) >= 11 is 4.31. The van der Waals surface area contributed by atoms with Crippen molar-refractivity contribution < 1.29 is 8.85 Å². The summed E-state index contributed by atoms with van der Waals surface area (Å²) in [7, 11) is 2.06. The number of hydrogen-bond donors (Lipinski definition) is 1. The molecule has 0 radical (unpaired) electrons. The quantitative estimate of drug-likeness (QED) is 0.509. The Labute approximate surface area is 82.9 Å². The molecule has 0 aliphatic rings. The average molecular weight is 208 g/mol. The number of unbranched alkanes of at least 4 members (excludes halogenated alkanes) is 1. The van der Waals surface area contributed by atoms with Crippen molar-refractivity contribution in [1.29, 1.82) is 0 Å². The molecule has 0 aromatic rings.